The molecule has 0 atom stereocenters. The Bertz CT molecular complexity index is 1010. The molecule has 2 heterocycles. The number of aromatic nitrogens is 1. The number of hydrogen-bond acceptors (Lipinski definition) is 1. The van der Waals surface area contributed by atoms with Crippen LogP contribution < -0.4 is 5.46 Å². The first-order valence-electron chi connectivity index (χ1n) is 12.0. The van der Waals surface area contributed by atoms with E-state index in [2.05, 4.69) is 106 Å². The van der Waals surface area contributed by atoms with Gasteiger partial charge in [-0.2, -0.15) is 0 Å². The zero-order valence-corrected chi connectivity index (χ0v) is 20.9. The normalized spacial score (nSPS) is 12.5. The molecular formula is C30H38BN. The predicted octanol–water partition coefficient (Wildman–Crippen LogP) is 7.88. The summed E-state index contributed by atoms with van der Waals surface area (Å²) in [6.45, 7) is 15.3. The van der Waals surface area contributed by atoms with Crippen LogP contribution in [0.1, 0.15) is 69.8 Å². The molecule has 0 radical (unpaired) electrons. The van der Waals surface area contributed by atoms with Crippen LogP contribution in [0.2, 0.25) is 0 Å². The van der Waals surface area contributed by atoms with Crippen molar-refractivity contribution in [3.63, 3.8) is 0 Å². The Balaban J connectivity index is 0.000000547. The van der Waals surface area contributed by atoms with Gasteiger partial charge in [-0.1, -0.05) is 123 Å². The fraction of sp³-hybridized carbons (Fsp3) is 0.300. The van der Waals surface area contributed by atoms with Crippen LogP contribution in [0.25, 0.3) is 11.0 Å². The van der Waals surface area contributed by atoms with Crippen molar-refractivity contribution in [3.8, 4) is 0 Å². The van der Waals surface area contributed by atoms with E-state index in [0.29, 0.717) is 0 Å². The highest BCUT2D eigenvalue weighted by Crippen LogP contribution is 2.38. The van der Waals surface area contributed by atoms with Crippen LogP contribution in [-0.2, 0) is 0 Å². The number of hydrogen-bond donors (Lipinski definition) is 0. The van der Waals surface area contributed by atoms with Gasteiger partial charge in [0.15, 0.2) is 0 Å². The molecule has 1 aromatic heterocycles. The van der Waals surface area contributed by atoms with Crippen LogP contribution in [0, 0.1) is 13.8 Å². The molecule has 0 bridgehead atoms. The van der Waals surface area contributed by atoms with Crippen molar-refractivity contribution in [2.75, 3.05) is 0 Å². The molecule has 0 spiro atoms. The van der Waals surface area contributed by atoms with Gasteiger partial charge in [-0.05, 0) is 44.0 Å². The fourth-order valence-electron chi connectivity index (χ4n) is 4.12. The van der Waals surface area contributed by atoms with E-state index in [1.54, 1.807) is 0 Å². The molecule has 32 heavy (non-hydrogen) atoms. The quantitative estimate of drug-likeness (QED) is 0.389. The van der Waals surface area contributed by atoms with E-state index >= 15 is 0 Å². The Kier molecular flexibility index (Phi) is 10.2. The molecule has 166 valence electrons. The predicted molar refractivity (Wildman–Crippen MR) is 144 cm³/mol. The minimum Gasteiger partial charge on any atom is -0.256 e. The molecule has 1 nitrogen and oxygen atoms in total. The lowest BCUT2D eigenvalue weighted by Gasteiger charge is -2.18. The zero-order chi connectivity index (χ0) is 23.5. The Morgan fingerprint density at radius 3 is 1.84 bits per heavy atom. The van der Waals surface area contributed by atoms with Crippen LogP contribution >= 0.6 is 0 Å². The topological polar surface area (TPSA) is 12.9 Å². The molecule has 0 N–H and O–H groups in total. The average Bonchev–Trinajstić information content (AvgIpc) is 3.18. The van der Waals surface area contributed by atoms with Crippen LogP contribution in [0.5, 0.6) is 0 Å². The summed E-state index contributed by atoms with van der Waals surface area (Å²) in [6, 6.07) is 23.5. The van der Waals surface area contributed by atoms with E-state index in [0.717, 1.165) is 5.69 Å². The summed E-state index contributed by atoms with van der Waals surface area (Å²) >= 11 is 0. The van der Waals surface area contributed by atoms with E-state index in [1.165, 1.54) is 51.6 Å². The van der Waals surface area contributed by atoms with Gasteiger partial charge >= 0.3 is 0 Å². The minimum atomic E-state index is 0.260. The number of rotatable bonds is 4. The smallest absolute Gasteiger partial charge is 0.236 e. The van der Waals surface area contributed by atoms with E-state index in [9.17, 15) is 0 Å². The first kappa shape index (κ1) is 25.4. The van der Waals surface area contributed by atoms with E-state index in [-0.39, 0.29) is 6.71 Å². The second kappa shape index (κ2) is 12.9. The maximum Gasteiger partial charge on any atom is 0.236 e. The maximum atomic E-state index is 4.66. The maximum absolute atomic E-state index is 4.66. The molecule has 3 aromatic rings. The Morgan fingerprint density at radius 2 is 1.31 bits per heavy atom. The van der Waals surface area contributed by atoms with Crippen molar-refractivity contribution in [1.29, 1.82) is 0 Å². The first-order chi connectivity index (χ1) is 15.6. The van der Waals surface area contributed by atoms with Gasteiger partial charge in [-0.3, -0.25) is 4.98 Å². The standard InChI is InChI=1S/C24H22BN.C4H10.C2H6/c1-17-10-9-11-18(2)23(17)25-16-19(3)22(21-14-7-8-15-26-21)24(25)20-12-5-4-6-13-20;1-3-4-2;1-2/h4-16H,1-3H3;3-4H2,1-2H3;1-2H3. The molecule has 1 aliphatic heterocycles. The molecule has 4 rings (SSSR count). The van der Waals surface area contributed by atoms with Crippen LogP contribution in [0.4, 0.5) is 0 Å². The summed E-state index contributed by atoms with van der Waals surface area (Å²) in [5.41, 5.74) is 10.3. The monoisotopic (exact) mass is 423 g/mol. The molecule has 0 amide bonds. The average molecular weight is 423 g/mol. The van der Waals surface area contributed by atoms with Crippen molar-refractivity contribution in [3.05, 3.63) is 107 Å². The van der Waals surface area contributed by atoms with Crippen molar-refractivity contribution < 1.29 is 0 Å². The number of allylic oxidation sites excluding steroid dienone is 2. The Hall–Kier alpha value is -2.87. The summed E-state index contributed by atoms with van der Waals surface area (Å²) in [7, 11) is 0. The molecule has 0 fully saturated rings. The highest BCUT2D eigenvalue weighted by molar-refractivity contribution is 6.97. The van der Waals surface area contributed by atoms with Gasteiger partial charge in [-0.25, -0.2) is 0 Å². The molecule has 2 heteroatoms. The van der Waals surface area contributed by atoms with Crippen molar-refractivity contribution in [2.45, 2.75) is 61.3 Å². The molecule has 0 saturated carbocycles. The minimum absolute atomic E-state index is 0.260. The third kappa shape index (κ3) is 5.88. The lowest BCUT2D eigenvalue weighted by Crippen LogP contribution is -2.33. The molecule has 2 aromatic carbocycles. The lowest BCUT2D eigenvalue weighted by molar-refractivity contribution is 0.886. The van der Waals surface area contributed by atoms with Gasteiger partial charge in [0.25, 0.3) is 0 Å². The number of pyridine rings is 1. The van der Waals surface area contributed by atoms with Gasteiger partial charge in [0.05, 0.1) is 5.69 Å². The highest BCUT2D eigenvalue weighted by Gasteiger charge is 2.32. The molecule has 0 aliphatic carbocycles. The molecular weight excluding hydrogens is 385 g/mol. The van der Waals surface area contributed by atoms with Crippen LogP contribution in [-0.4, -0.2) is 11.7 Å². The third-order valence-electron chi connectivity index (χ3n) is 5.75. The Labute approximate surface area is 196 Å². The van der Waals surface area contributed by atoms with Gasteiger partial charge in [-0.15, -0.1) is 5.98 Å². The van der Waals surface area contributed by atoms with Gasteiger partial charge in [0, 0.05) is 6.20 Å². The lowest BCUT2D eigenvalue weighted by atomic mass is 9.39. The number of benzene rings is 2. The van der Waals surface area contributed by atoms with Crippen molar-refractivity contribution >= 4 is 23.2 Å². The van der Waals surface area contributed by atoms with E-state index < -0.39 is 0 Å². The number of aryl methyl sites for hydroxylation is 2. The second-order valence-corrected chi connectivity index (χ2v) is 8.00. The Morgan fingerprint density at radius 1 is 0.719 bits per heavy atom. The second-order valence-electron chi connectivity index (χ2n) is 8.00. The highest BCUT2D eigenvalue weighted by atomic mass is 14.7. The largest absolute Gasteiger partial charge is 0.256 e. The zero-order valence-electron chi connectivity index (χ0n) is 20.9. The van der Waals surface area contributed by atoms with E-state index in [4.69, 9.17) is 0 Å². The molecule has 0 saturated heterocycles. The van der Waals surface area contributed by atoms with Crippen LogP contribution in [0.15, 0.2) is 84.5 Å². The van der Waals surface area contributed by atoms with Gasteiger partial charge in [0.1, 0.15) is 0 Å². The summed E-state index contributed by atoms with van der Waals surface area (Å²) in [5, 5.41) is 0. The van der Waals surface area contributed by atoms with Gasteiger partial charge in [0.2, 0.25) is 6.71 Å². The van der Waals surface area contributed by atoms with Crippen LogP contribution in [0.3, 0.4) is 0 Å². The SMILES string of the molecule is CC.CC1=CB(c2c(C)cccc2C)C(c2ccccc2)=C1c1ccccn1.CCCC. The number of nitrogens with zero attached hydrogens (tertiary/aromatic N) is 1. The van der Waals surface area contributed by atoms with Crippen molar-refractivity contribution in [2.24, 2.45) is 0 Å². The molecule has 1 aliphatic rings. The summed E-state index contributed by atoms with van der Waals surface area (Å²) < 4.78 is 0. The number of unbranched alkanes of at least 4 members (excludes halogenated alkanes) is 1. The third-order valence-corrected chi connectivity index (χ3v) is 5.75. The first-order valence-corrected chi connectivity index (χ1v) is 12.0. The van der Waals surface area contributed by atoms with Gasteiger partial charge < -0.3 is 0 Å². The summed E-state index contributed by atoms with van der Waals surface area (Å²) in [6.07, 6.45) is 4.52. The van der Waals surface area contributed by atoms with E-state index in [1.807, 2.05) is 26.1 Å². The van der Waals surface area contributed by atoms with Crippen molar-refractivity contribution in [1.82, 2.24) is 4.98 Å². The summed E-state index contributed by atoms with van der Waals surface area (Å²) in [4.78, 5) is 4.66. The summed E-state index contributed by atoms with van der Waals surface area (Å²) in [5.74, 6) is 2.40. The molecule has 0 unspecified atom stereocenters. The fourth-order valence-corrected chi connectivity index (χ4v) is 4.12.